The lowest BCUT2D eigenvalue weighted by atomic mass is 10.1. The van der Waals surface area contributed by atoms with Crippen molar-refractivity contribution in [3.8, 4) is 0 Å². The minimum atomic E-state index is -0.934. The summed E-state index contributed by atoms with van der Waals surface area (Å²) >= 11 is 0. The summed E-state index contributed by atoms with van der Waals surface area (Å²) in [6.07, 6.45) is 2.13. The Bertz CT molecular complexity index is 545. The Morgan fingerprint density at radius 2 is 2.29 bits per heavy atom. The number of carboxylic acids is 1. The van der Waals surface area contributed by atoms with Crippen LogP contribution in [-0.4, -0.2) is 21.0 Å². The molecule has 2 aromatic rings. The molecule has 4 nitrogen and oxygen atoms in total. The van der Waals surface area contributed by atoms with Gasteiger partial charge in [0.25, 0.3) is 0 Å². The fourth-order valence-corrected chi connectivity index (χ4v) is 2.03. The number of fused-ring (bicyclic) bond motifs is 1. The first-order chi connectivity index (χ1) is 8.13. The van der Waals surface area contributed by atoms with E-state index in [1.165, 1.54) is 0 Å². The quantitative estimate of drug-likeness (QED) is 0.850. The second-order valence-electron chi connectivity index (χ2n) is 4.32. The van der Waals surface area contributed by atoms with E-state index < -0.39 is 5.97 Å². The third-order valence-corrected chi connectivity index (χ3v) is 2.95. The van der Waals surface area contributed by atoms with Crippen molar-refractivity contribution < 1.29 is 9.90 Å². The molecule has 0 radical (unpaired) electrons. The highest BCUT2D eigenvalue weighted by atomic mass is 16.4. The zero-order valence-electron chi connectivity index (χ0n) is 10.0. The molecule has 0 bridgehead atoms. The average molecular weight is 232 g/mol. The third-order valence-electron chi connectivity index (χ3n) is 2.95. The predicted molar refractivity (Wildman–Crippen MR) is 66.4 cm³/mol. The van der Waals surface area contributed by atoms with Gasteiger partial charge in [0.15, 0.2) is 0 Å². The Labute approximate surface area is 99.7 Å². The number of hydrogen-bond donors (Lipinski definition) is 2. The molecule has 90 valence electrons. The van der Waals surface area contributed by atoms with E-state index in [1.807, 2.05) is 6.07 Å². The van der Waals surface area contributed by atoms with Crippen molar-refractivity contribution in [2.45, 2.75) is 32.6 Å². The topological polar surface area (TPSA) is 66.0 Å². The lowest BCUT2D eigenvalue weighted by Gasteiger charge is -2.04. The summed E-state index contributed by atoms with van der Waals surface area (Å²) in [5.41, 5.74) is 1.61. The Morgan fingerprint density at radius 3 is 2.94 bits per heavy atom. The van der Waals surface area contributed by atoms with Gasteiger partial charge >= 0.3 is 5.97 Å². The van der Waals surface area contributed by atoms with Gasteiger partial charge in [0.1, 0.15) is 11.3 Å². The van der Waals surface area contributed by atoms with E-state index in [0.29, 0.717) is 11.4 Å². The standard InChI is InChI=1S/C13H16N2O2/c1-3-5-8(2)12-14-10-7-4-6-9(13(16)17)11(10)15-12/h4,6-8H,3,5H2,1-2H3,(H,14,15)(H,16,17). The minimum absolute atomic E-state index is 0.258. The highest BCUT2D eigenvalue weighted by Crippen LogP contribution is 2.23. The normalized spacial score (nSPS) is 12.8. The fraction of sp³-hybridized carbons (Fsp3) is 0.385. The molecule has 0 spiro atoms. The van der Waals surface area contributed by atoms with Crippen LogP contribution in [0.2, 0.25) is 0 Å². The zero-order chi connectivity index (χ0) is 12.4. The summed E-state index contributed by atoms with van der Waals surface area (Å²) in [7, 11) is 0. The third kappa shape index (κ3) is 2.16. The van der Waals surface area contributed by atoms with Crippen LogP contribution >= 0.6 is 0 Å². The number of para-hydroxylation sites is 1. The Morgan fingerprint density at radius 1 is 1.53 bits per heavy atom. The molecule has 0 aliphatic carbocycles. The number of aromatic amines is 1. The number of H-pyrrole nitrogens is 1. The Kier molecular flexibility index (Phi) is 3.13. The van der Waals surface area contributed by atoms with Gasteiger partial charge in [-0.1, -0.05) is 26.3 Å². The first-order valence-corrected chi connectivity index (χ1v) is 5.85. The Balaban J connectivity index is 2.50. The molecule has 1 atom stereocenters. The average Bonchev–Trinajstić information content (AvgIpc) is 2.72. The summed E-state index contributed by atoms with van der Waals surface area (Å²) in [5, 5.41) is 9.08. The summed E-state index contributed by atoms with van der Waals surface area (Å²) in [5.74, 6) is 0.265. The monoisotopic (exact) mass is 232 g/mol. The molecule has 1 aromatic heterocycles. The van der Waals surface area contributed by atoms with Gasteiger partial charge in [-0.3, -0.25) is 0 Å². The number of rotatable bonds is 4. The highest BCUT2D eigenvalue weighted by Gasteiger charge is 2.15. The predicted octanol–water partition coefficient (Wildman–Crippen LogP) is 3.16. The van der Waals surface area contributed by atoms with E-state index in [0.717, 1.165) is 24.2 Å². The second kappa shape index (κ2) is 4.57. The van der Waals surface area contributed by atoms with Crippen LogP contribution in [0.4, 0.5) is 0 Å². The van der Waals surface area contributed by atoms with Crippen LogP contribution in [0.25, 0.3) is 11.0 Å². The van der Waals surface area contributed by atoms with Crippen molar-refractivity contribution in [1.29, 1.82) is 0 Å². The highest BCUT2D eigenvalue weighted by molar-refractivity contribution is 6.00. The van der Waals surface area contributed by atoms with Crippen LogP contribution in [0, 0.1) is 0 Å². The van der Waals surface area contributed by atoms with Crippen molar-refractivity contribution in [3.63, 3.8) is 0 Å². The number of nitrogens with one attached hydrogen (secondary N) is 1. The maximum Gasteiger partial charge on any atom is 0.337 e. The first kappa shape index (κ1) is 11.6. The molecular formula is C13H16N2O2. The molecule has 17 heavy (non-hydrogen) atoms. The number of aromatic nitrogens is 2. The Hall–Kier alpha value is -1.84. The van der Waals surface area contributed by atoms with E-state index in [-0.39, 0.29) is 5.56 Å². The molecule has 1 aromatic carbocycles. The molecule has 0 saturated carbocycles. The SMILES string of the molecule is CCCC(C)c1nc2c(C(=O)O)cccc2[nH]1. The van der Waals surface area contributed by atoms with Gasteiger partial charge in [-0.05, 0) is 18.6 Å². The van der Waals surface area contributed by atoms with Crippen molar-refractivity contribution in [3.05, 3.63) is 29.6 Å². The summed E-state index contributed by atoms with van der Waals surface area (Å²) < 4.78 is 0. The maximum atomic E-state index is 11.1. The fourth-order valence-electron chi connectivity index (χ4n) is 2.03. The molecule has 0 aliphatic rings. The summed E-state index contributed by atoms with van der Waals surface area (Å²) in [6, 6.07) is 5.18. The molecule has 4 heteroatoms. The summed E-state index contributed by atoms with van der Waals surface area (Å²) in [4.78, 5) is 18.7. The first-order valence-electron chi connectivity index (χ1n) is 5.85. The van der Waals surface area contributed by atoms with E-state index in [9.17, 15) is 4.79 Å². The van der Waals surface area contributed by atoms with E-state index in [1.54, 1.807) is 12.1 Å². The van der Waals surface area contributed by atoms with Crippen LogP contribution in [-0.2, 0) is 0 Å². The van der Waals surface area contributed by atoms with Gasteiger partial charge in [-0.25, -0.2) is 9.78 Å². The van der Waals surface area contributed by atoms with Crippen molar-refractivity contribution >= 4 is 17.0 Å². The van der Waals surface area contributed by atoms with Crippen LogP contribution in [0.1, 0.15) is 48.8 Å². The molecule has 1 unspecified atom stereocenters. The smallest absolute Gasteiger partial charge is 0.337 e. The number of imidazole rings is 1. The van der Waals surface area contributed by atoms with E-state index in [2.05, 4.69) is 23.8 Å². The van der Waals surface area contributed by atoms with E-state index >= 15 is 0 Å². The molecule has 2 rings (SSSR count). The number of aromatic carboxylic acids is 1. The molecule has 1 heterocycles. The zero-order valence-corrected chi connectivity index (χ0v) is 10.0. The van der Waals surface area contributed by atoms with Gasteiger partial charge in [0, 0.05) is 5.92 Å². The van der Waals surface area contributed by atoms with Gasteiger partial charge in [-0.15, -0.1) is 0 Å². The number of benzene rings is 1. The van der Waals surface area contributed by atoms with Crippen molar-refractivity contribution in [2.75, 3.05) is 0 Å². The van der Waals surface area contributed by atoms with Gasteiger partial charge in [-0.2, -0.15) is 0 Å². The minimum Gasteiger partial charge on any atom is -0.478 e. The van der Waals surface area contributed by atoms with Crippen LogP contribution < -0.4 is 0 Å². The van der Waals surface area contributed by atoms with Crippen molar-refractivity contribution in [2.24, 2.45) is 0 Å². The number of carbonyl (C=O) groups is 1. The van der Waals surface area contributed by atoms with Gasteiger partial charge < -0.3 is 10.1 Å². The summed E-state index contributed by atoms with van der Waals surface area (Å²) in [6.45, 7) is 4.23. The number of carboxylic acid groups (broad SMARTS) is 1. The largest absolute Gasteiger partial charge is 0.478 e. The second-order valence-corrected chi connectivity index (χ2v) is 4.32. The molecule has 0 fully saturated rings. The number of hydrogen-bond acceptors (Lipinski definition) is 2. The van der Waals surface area contributed by atoms with Gasteiger partial charge in [0.2, 0.25) is 0 Å². The molecular weight excluding hydrogens is 216 g/mol. The van der Waals surface area contributed by atoms with E-state index in [4.69, 9.17) is 5.11 Å². The molecule has 0 amide bonds. The number of nitrogens with zero attached hydrogens (tertiary/aromatic N) is 1. The maximum absolute atomic E-state index is 11.1. The van der Waals surface area contributed by atoms with Gasteiger partial charge in [0.05, 0.1) is 11.1 Å². The van der Waals surface area contributed by atoms with Crippen LogP contribution in [0.15, 0.2) is 18.2 Å². The van der Waals surface area contributed by atoms with Crippen LogP contribution in [0.5, 0.6) is 0 Å². The molecule has 0 saturated heterocycles. The van der Waals surface area contributed by atoms with Crippen molar-refractivity contribution in [1.82, 2.24) is 9.97 Å². The lowest BCUT2D eigenvalue weighted by molar-refractivity contribution is 0.0699. The molecule has 2 N–H and O–H groups in total. The lowest BCUT2D eigenvalue weighted by Crippen LogP contribution is -1.97. The molecule has 0 aliphatic heterocycles. The van der Waals surface area contributed by atoms with Crippen LogP contribution in [0.3, 0.4) is 0 Å².